The molecule has 31 nitrogen and oxygen atoms in total. The third-order valence-corrected chi connectivity index (χ3v) is 10.3. The number of aliphatic hydroxyl groups excluding tert-OH is 1. The first-order valence-electron chi connectivity index (χ1n) is 22.1. The van der Waals surface area contributed by atoms with E-state index in [4.69, 9.17) is 28.7 Å². The fraction of sp³-hybridized carbons (Fsp3) is 0.650. The van der Waals surface area contributed by atoms with Crippen LogP contribution in [0, 0.1) is 11.8 Å². The van der Waals surface area contributed by atoms with Crippen molar-refractivity contribution >= 4 is 82.9 Å². The molecule has 13 amide bonds. The number of amides is 13. The highest BCUT2D eigenvalue weighted by atomic mass is 16.4. The quantitative estimate of drug-likeness (QED) is 0.0262. The molecule has 0 rings (SSSR count). The van der Waals surface area contributed by atoms with Crippen LogP contribution in [0.15, 0.2) is 0 Å². The maximum atomic E-state index is 13.9. The lowest BCUT2D eigenvalue weighted by Crippen LogP contribution is -2.60. The van der Waals surface area contributed by atoms with E-state index in [0.717, 1.165) is 0 Å². The van der Waals surface area contributed by atoms with E-state index in [0.29, 0.717) is 6.42 Å². The monoisotopic (exact) mass is 1020 g/mol. The Morgan fingerprint density at radius 2 is 0.944 bits per heavy atom. The van der Waals surface area contributed by atoms with Crippen molar-refractivity contribution in [3.8, 4) is 0 Å². The van der Waals surface area contributed by atoms with Crippen LogP contribution in [0.1, 0.15) is 85.5 Å². The second kappa shape index (κ2) is 32.2. The molecule has 0 saturated heterocycles. The predicted octanol–water partition coefficient (Wildman–Crippen LogP) is -8.07. The lowest BCUT2D eigenvalue weighted by atomic mass is 9.98. The van der Waals surface area contributed by atoms with Crippen LogP contribution in [0.2, 0.25) is 0 Å². The van der Waals surface area contributed by atoms with Crippen LogP contribution in [-0.4, -0.2) is 166 Å². The Morgan fingerprint density at radius 1 is 0.507 bits per heavy atom. The fourth-order valence-electron chi connectivity index (χ4n) is 6.06. The first-order valence-corrected chi connectivity index (χ1v) is 22.1. The minimum atomic E-state index is -2.00. The summed E-state index contributed by atoms with van der Waals surface area (Å²) < 4.78 is 0. The zero-order chi connectivity index (χ0) is 54.7. The number of urea groups is 1. The smallest absolute Gasteiger partial charge is 0.326 e. The molecule has 0 unspecified atom stereocenters. The number of carbonyl (C=O) groups is 14. The van der Waals surface area contributed by atoms with E-state index in [1.165, 1.54) is 13.8 Å². The first kappa shape index (κ1) is 63.3. The summed E-state index contributed by atoms with van der Waals surface area (Å²) in [6.45, 7) is 4.20. The van der Waals surface area contributed by atoms with Gasteiger partial charge >= 0.3 is 18.0 Å². The topological polar surface area (TPSA) is 538 Å². The fourth-order valence-corrected chi connectivity index (χ4v) is 6.06. The maximum Gasteiger partial charge on any atom is 0.326 e. The van der Waals surface area contributed by atoms with Gasteiger partial charge in [-0.25, -0.2) is 9.59 Å². The summed E-state index contributed by atoms with van der Waals surface area (Å²) in [6.07, 6.45) is -4.11. The Bertz CT molecular complexity index is 1950. The molecular weight excluding hydrogens is 949 g/mol. The number of nitrogens with one attached hydrogen (secondary N) is 9. The van der Waals surface area contributed by atoms with Crippen LogP contribution in [0.5, 0.6) is 0 Å². The van der Waals surface area contributed by atoms with Crippen molar-refractivity contribution in [1.29, 1.82) is 0 Å². The molecule has 9 atom stereocenters. The molecule has 0 radical (unpaired) electrons. The van der Waals surface area contributed by atoms with Gasteiger partial charge in [0.1, 0.15) is 42.3 Å². The summed E-state index contributed by atoms with van der Waals surface area (Å²) in [5.74, 6) is -16.3. The summed E-state index contributed by atoms with van der Waals surface area (Å²) in [4.78, 5) is 176. The maximum absolute atomic E-state index is 13.9. The number of aliphatic carboxylic acids is 2. The minimum Gasteiger partial charge on any atom is -0.481 e. The molecular formula is C40H68N14O17. The highest BCUT2D eigenvalue weighted by Crippen LogP contribution is 2.09. The van der Waals surface area contributed by atoms with E-state index in [9.17, 15) is 82.4 Å². The Labute approximate surface area is 406 Å². The molecule has 71 heavy (non-hydrogen) atoms. The normalized spacial score (nSPS) is 14.6. The van der Waals surface area contributed by atoms with Gasteiger partial charge in [0, 0.05) is 19.4 Å². The Kier molecular flexibility index (Phi) is 28.7. The highest BCUT2D eigenvalue weighted by molar-refractivity contribution is 5.99. The van der Waals surface area contributed by atoms with Gasteiger partial charge in [-0.05, 0) is 37.5 Å². The van der Waals surface area contributed by atoms with Crippen LogP contribution in [0.3, 0.4) is 0 Å². The van der Waals surface area contributed by atoms with E-state index in [1.807, 2.05) is 5.32 Å². The number of primary amides is 4. The summed E-state index contributed by atoms with van der Waals surface area (Å²) in [6, 6.07) is -14.2. The highest BCUT2D eigenvalue weighted by Gasteiger charge is 2.35. The van der Waals surface area contributed by atoms with Crippen molar-refractivity contribution < 1.29 is 82.4 Å². The number of hydrogen-bond donors (Lipinski definition) is 17. The largest absolute Gasteiger partial charge is 0.481 e. The second-order valence-corrected chi connectivity index (χ2v) is 16.5. The summed E-state index contributed by atoms with van der Waals surface area (Å²) in [5.41, 5.74) is 27.0. The number of carboxylic acid groups (broad SMARTS) is 2. The summed E-state index contributed by atoms with van der Waals surface area (Å²) in [7, 11) is 0. The molecule has 0 aromatic rings. The minimum absolute atomic E-state index is 0.122. The molecule has 400 valence electrons. The molecule has 0 bridgehead atoms. The van der Waals surface area contributed by atoms with Gasteiger partial charge in [0.15, 0.2) is 0 Å². The third-order valence-electron chi connectivity index (χ3n) is 10.3. The molecule has 0 heterocycles. The van der Waals surface area contributed by atoms with Crippen molar-refractivity contribution in [2.75, 3.05) is 19.7 Å². The molecule has 0 aliphatic carbocycles. The lowest BCUT2D eigenvalue weighted by molar-refractivity contribution is -0.143. The molecule has 0 fully saturated rings. The van der Waals surface area contributed by atoms with Gasteiger partial charge in [-0.1, -0.05) is 34.1 Å². The number of nitrogens with two attached hydrogens (primary N) is 5. The Hall–Kier alpha value is -7.70. The van der Waals surface area contributed by atoms with Gasteiger partial charge in [-0.3, -0.25) is 57.5 Å². The molecule has 0 aliphatic heterocycles. The Balaban J connectivity index is 6.59. The third kappa shape index (κ3) is 25.5. The summed E-state index contributed by atoms with van der Waals surface area (Å²) >= 11 is 0. The molecule has 31 heteroatoms. The molecule has 0 aromatic carbocycles. The molecule has 0 saturated carbocycles. The van der Waals surface area contributed by atoms with Crippen molar-refractivity contribution in [2.45, 2.75) is 134 Å². The zero-order valence-corrected chi connectivity index (χ0v) is 39.7. The molecule has 0 aromatic heterocycles. The average molecular weight is 1020 g/mol. The van der Waals surface area contributed by atoms with E-state index in [1.54, 1.807) is 13.8 Å². The second-order valence-electron chi connectivity index (χ2n) is 16.5. The van der Waals surface area contributed by atoms with Crippen molar-refractivity contribution in [3.05, 3.63) is 0 Å². The van der Waals surface area contributed by atoms with Crippen LogP contribution >= 0.6 is 0 Å². The van der Waals surface area contributed by atoms with Crippen molar-refractivity contribution in [2.24, 2.45) is 40.5 Å². The number of hydrogen-bond acceptors (Lipinski definition) is 16. The van der Waals surface area contributed by atoms with Crippen molar-refractivity contribution in [3.63, 3.8) is 0 Å². The number of rotatable bonds is 35. The van der Waals surface area contributed by atoms with Gasteiger partial charge in [0.2, 0.25) is 65.0 Å². The molecule has 0 aliphatic rings. The SMILES string of the molecule is CC[C@H](C)[C@H](N)C(=O)N[C@@H](CCC(N)=O)C(=O)N[C@@H](CC(N)=O)C(=O)N[C@@H](CCCNC(N)=O)C(=O)N[C@@H](CCC(N)=O)C(=O)N[C@@H](CC(=O)O)C(=O)NCC(=O)N[C@@H](CO)C(=O)N[C@H](C(=O)O)C(C)C. The first-order chi connectivity index (χ1) is 33.0. The van der Waals surface area contributed by atoms with Gasteiger partial charge < -0.3 is 91.8 Å². The van der Waals surface area contributed by atoms with Crippen LogP contribution < -0.4 is 76.5 Å². The van der Waals surface area contributed by atoms with E-state index >= 15 is 0 Å². The summed E-state index contributed by atoms with van der Waals surface area (Å²) in [5, 5.41) is 48.2. The van der Waals surface area contributed by atoms with Gasteiger partial charge in [-0.2, -0.15) is 0 Å². The molecule has 0 spiro atoms. The van der Waals surface area contributed by atoms with Crippen LogP contribution in [-0.2, 0) is 62.3 Å². The molecule has 22 N–H and O–H groups in total. The van der Waals surface area contributed by atoms with E-state index in [2.05, 4.69) is 42.5 Å². The number of carbonyl (C=O) groups excluding carboxylic acids is 12. The lowest BCUT2D eigenvalue weighted by Gasteiger charge is -2.27. The van der Waals surface area contributed by atoms with E-state index < -0.39 is 182 Å². The van der Waals surface area contributed by atoms with Crippen LogP contribution in [0.4, 0.5) is 4.79 Å². The van der Waals surface area contributed by atoms with E-state index in [-0.39, 0.29) is 31.7 Å². The van der Waals surface area contributed by atoms with Crippen molar-refractivity contribution in [1.82, 2.24) is 47.9 Å². The van der Waals surface area contributed by atoms with Gasteiger partial charge in [-0.15, -0.1) is 0 Å². The number of carboxylic acids is 2. The average Bonchev–Trinajstić information content (AvgIpc) is 3.27. The standard InChI is InChI=1S/C40H68N14O17/c1-5-18(4)30(44)38(68)51-21(9-11-26(42)57)35(65)52-22(13-27(43)58)36(66)49-19(7-6-12-46-40(45)71)33(63)50-20(8-10-25(41)56)34(64)53-23(14-29(60)61)32(62)47-15-28(59)48-24(16-55)37(67)54-31(17(2)3)39(69)70/h17-24,30-31,55H,5-16,44H2,1-4H3,(H2,41,56)(H2,42,57)(H2,43,58)(H,47,62)(H,48,59)(H,49,66)(H,50,63)(H,51,68)(H,52,65)(H,53,64)(H,54,67)(H,60,61)(H,69,70)(H3,45,46,71)/t18-,19-,20-,21-,22-,23-,24-,30-,31-/m0/s1. The van der Waals surface area contributed by atoms with Crippen LogP contribution in [0.25, 0.3) is 0 Å². The van der Waals surface area contributed by atoms with Gasteiger partial charge in [0.05, 0.1) is 32.0 Å². The number of aliphatic hydroxyl groups is 1. The zero-order valence-electron chi connectivity index (χ0n) is 39.7. The predicted molar refractivity (Wildman–Crippen MR) is 243 cm³/mol. The van der Waals surface area contributed by atoms with Gasteiger partial charge in [0.25, 0.3) is 0 Å². The Morgan fingerprint density at radius 3 is 1.35 bits per heavy atom.